The standard InChI is InChI=1S/C24H29N3O6/c1-13(26-22(28)15-7-8-16-17(11-15)32-10-9-31-16)12-33-19-6-4-5-18-24(19,3)21(25)20(23(29)30)14(2)27-18/h4-8,11,13,16-18H,9-10,12,25H2,1-3H3,(H,26,28)(H,29,30)/t13?,16?,17?,18-,24?/m1/s1. The van der Waals surface area contributed by atoms with Crippen LogP contribution in [-0.2, 0) is 23.8 Å². The molecule has 4 unspecified atom stereocenters. The molecule has 9 nitrogen and oxygen atoms in total. The van der Waals surface area contributed by atoms with Gasteiger partial charge in [0.2, 0.25) is 0 Å². The highest BCUT2D eigenvalue weighted by atomic mass is 16.6. The Labute approximate surface area is 192 Å². The van der Waals surface area contributed by atoms with E-state index in [1.54, 1.807) is 25.2 Å². The monoisotopic (exact) mass is 455 g/mol. The topological polar surface area (TPSA) is 132 Å². The molecule has 0 aromatic carbocycles. The molecule has 0 saturated carbocycles. The van der Waals surface area contributed by atoms with Gasteiger partial charge in [-0.1, -0.05) is 24.3 Å². The molecular weight excluding hydrogens is 426 g/mol. The fourth-order valence-corrected chi connectivity index (χ4v) is 4.43. The number of allylic oxidation sites excluding steroid dienone is 2. The van der Waals surface area contributed by atoms with E-state index in [1.807, 2.05) is 32.1 Å². The summed E-state index contributed by atoms with van der Waals surface area (Å²) in [6, 6.07) is -0.687. The molecule has 9 heteroatoms. The highest BCUT2D eigenvalue weighted by Gasteiger charge is 2.47. The molecule has 0 spiro atoms. The molecule has 2 aliphatic carbocycles. The van der Waals surface area contributed by atoms with Gasteiger partial charge in [0.15, 0.2) is 0 Å². The van der Waals surface area contributed by atoms with E-state index in [-0.39, 0.29) is 48.1 Å². The van der Waals surface area contributed by atoms with Gasteiger partial charge < -0.3 is 30.4 Å². The predicted octanol–water partition coefficient (Wildman–Crippen LogP) is 1.39. The van der Waals surface area contributed by atoms with E-state index in [2.05, 4.69) is 10.3 Å². The number of hydrogen-bond acceptors (Lipinski definition) is 7. The number of aliphatic imine (C=N–C) groups is 1. The van der Waals surface area contributed by atoms with Crippen molar-refractivity contribution in [2.75, 3.05) is 19.8 Å². The van der Waals surface area contributed by atoms with Crippen molar-refractivity contribution >= 4 is 17.6 Å². The van der Waals surface area contributed by atoms with E-state index in [1.165, 1.54) is 0 Å². The fraction of sp³-hybridized carbons (Fsp3) is 0.458. The van der Waals surface area contributed by atoms with Gasteiger partial charge in [0.05, 0.1) is 36.3 Å². The van der Waals surface area contributed by atoms with Gasteiger partial charge in [0.25, 0.3) is 5.91 Å². The fourth-order valence-electron chi connectivity index (χ4n) is 4.43. The Kier molecular flexibility index (Phi) is 6.27. The highest BCUT2D eigenvalue weighted by Crippen LogP contribution is 2.45. The number of nitrogens with one attached hydrogen (secondary N) is 1. The van der Waals surface area contributed by atoms with Crippen molar-refractivity contribution in [2.24, 2.45) is 16.1 Å². The van der Waals surface area contributed by atoms with E-state index >= 15 is 0 Å². The Hall–Kier alpha value is -3.17. The van der Waals surface area contributed by atoms with Crippen LogP contribution in [0.4, 0.5) is 0 Å². The first kappa shape index (κ1) is 23.0. The summed E-state index contributed by atoms with van der Waals surface area (Å²) in [7, 11) is 0. The normalized spacial score (nSPS) is 31.5. The maximum absolute atomic E-state index is 12.7. The zero-order chi connectivity index (χ0) is 23.8. The molecule has 2 aliphatic heterocycles. The molecule has 1 amide bonds. The number of carbonyl (C=O) groups excluding carboxylic acids is 1. The molecule has 2 heterocycles. The lowest BCUT2D eigenvalue weighted by atomic mass is 9.71. The van der Waals surface area contributed by atoms with E-state index in [0.717, 1.165) is 0 Å². The van der Waals surface area contributed by atoms with Crippen LogP contribution in [0.2, 0.25) is 0 Å². The SMILES string of the molecule is CC1=N[C@@H]2C=CC=C(OCC(C)NC(=O)C3=CC4OCCOC4C=C3)C2(C)C(N)=C1C(=O)O. The van der Waals surface area contributed by atoms with Crippen LogP contribution in [0.1, 0.15) is 20.8 Å². The molecule has 0 bridgehead atoms. The summed E-state index contributed by atoms with van der Waals surface area (Å²) < 4.78 is 17.3. The number of nitrogens with zero attached hydrogens (tertiary/aromatic N) is 1. The van der Waals surface area contributed by atoms with Crippen LogP contribution in [0.5, 0.6) is 0 Å². The second kappa shape index (κ2) is 8.99. The summed E-state index contributed by atoms with van der Waals surface area (Å²) >= 11 is 0. The van der Waals surface area contributed by atoms with Gasteiger partial charge in [-0.3, -0.25) is 9.79 Å². The largest absolute Gasteiger partial charge is 0.495 e. The third-order valence-electron chi connectivity index (χ3n) is 6.35. The van der Waals surface area contributed by atoms with Crippen LogP contribution in [0.25, 0.3) is 0 Å². The van der Waals surface area contributed by atoms with Gasteiger partial charge in [-0.05, 0) is 32.9 Å². The van der Waals surface area contributed by atoms with Crippen molar-refractivity contribution in [3.05, 3.63) is 59.1 Å². The Morgan fingerprint density at radius 2 is 2.06 bits per heavy atom. The van der Waals surface area contributed by atoms with E-state index in [0.29, 0.717) is 30.3 Å². The smallest absolute Gasteiger partial charge is 0.339 e. The number of ether oxygens (including phenoxy) is 3. The van der Waals surface area contributed by atoms with Gasteiger partial charge in [-0.2, -0.15) is 0 Å². The van der Waals surface area contributed by atoms with Crippen molar-refractivity contribution in [1.29, 1.82) is 0 Å². The summed E-state index contributed by atoms with van der Waals surface area (Å²) in [5.74, 6) is -0.843. The lowest BCUT2D eigenvalue weighted by molar-refractivity contribution is -0.132. The second-order valence-corrected chi connectivity index (χ2v) is 8.71. The summed E-state index contributed by atoms with van der Waals surface area (Å²) in [5, 5.41) is 12.5. The number of fused-ring (bicyclic) bond motifs is 2. The lowest BCUT2D eigenvalue weighted by Gasteiger charge is -2.41. The van der Waals surface area contributed by atoms with Crippen LogP contribution in [0.3, 0.4) is 0 Å². The zero-order valence-electron chi connectivity index (χ0n) is 18.9. The molecule has 1 fully saturated rings. The first-order valence-electron chi connectivity index (χ1n) is 11.0. The Balaban J connectivity index is 1.41. The first-order valence-corrected chi connectivity index (χ1v) is 11.0. The molecule has 4 N–H and O–H groups in total. The van der Waals surface area contributed by atoms with Crippen LogP contribution >= 0.6 is 0 Å². The van der Waals surface area contributed by atoms with E-state index in [9.17, 15) is 14.7 Å². The van der Waals surface area contributed by atoms with E-state index < -0.39 is 11.4 Å². The number of carboxylic acid groups (broad SMARTS) is 1. The number of rotatable bonds is 6. The number of aliphatic carboxylic acids is 1. The number of carboxylic acids is 1. The number of hydrogen-bond donors (Lipinski definition) is 3. The molecule has 4 aliphatic rings. The average molecular weight is 456 g/mol. The Morgan fingerprint density at radius 1 is 1.33 bits per heavy atom. The van der Waals surface area contributed by atoms with Gasteiger partial charge in [-0.25, -0.2) is 4.79 Å². The van der Waals surface area contributed by atoms with Crippen LogP contribution < -0.4 is 11.1 Å². The predicted molar refractivity (Wildman–Crippen MR) is 121 cm³/mol. The van der Waals surface area contributed by atoms with Crippen molar-refractivity contribution < 1.29 is 28.9 Å². The van der Waals surface area contributed by atoms with Gasteiger partial charge >= 0.3 is 5.97 Å². The lowest BCUT2D eigenvalue weighted by Crippen LogP contribution is -2.46. The summed E-state index contributed by atoms with van der Waals surface area (Å²) in [6.45, 7) is 6.51. The van der Waals surface area contributed by atoms with Gasteiger partial charge in [0, 0.05) is 17.0 Å². The second-order valence-electron chi connectivity index (χ2n) is 8.71. The van der Waals surface area contributed by atoms with Crippen LogP contribution in [0.15, 0.2) is 64.1 Å². The number of amides is 1. The molecule has 176 valence electrons. The minimum Gasteiger partial charge on any atom is -0.495 e. The Bertz CT molecular complexity index is 1040. The minimum absolute atomic E-state index is 0.00291. The van der Waals surface area contributed by atoms with Gasteiger partial charge in [0.1, 0.15) is 24.6 Å². The number of dihydropyridines is 1. The summed E-state index contributed by atoms with van der Waals surface area (Å²) in [5.41, 5.74) is 6.53. The highest BCUT2D eigenvalue weighted by molar-refractivity contribution is 6.19. The molecule has 1 saturated heterocycles. The Morgan fingerprint density at radius 3 is 2.79 bits per heavy atom. The maximum Gasteiger partial charge on any atom is 0.339 e. The average Bonchev–Trinajstić information content (AvgIpc) is 2.78. The third-order valence-corrected chi connectivity index (χ3v) is 6.35. The third kappa shape index (κ3) is 4.26. The van der Waals surface area contributed by atoms with Crippen molar-refractivity contribution in [1.82, 2.24) is 5.32 Å². The quantitative estimate of drug-likeness (QED) is 0.551. The van der Waals surface area contributed by atoms with Crippen LogP contribution in [0, 0.1) is 5.41 Å². The first-order chi connectivity index (χ1) is 15.7. The molecule has 4 rings (SSSR count). The molecule has 33 heavy (non-hydrogen) atoms. The van der Waals surface area contributed by atoms with Crippen molar-refractivity contribution in [3.63, 3.8) is 0 Å². The molecular formula is C24H29N3O6. The number of carbonyl (C=O) groups is 2. The molecule has 0 radical (unpaired) electrons. The summed E-state index contributed by atoms with van der Waals surface area (Å²) in [4.78, 5) is 29.0. The number of nitrogens with two attached hydrogens (primary N) is 1. The van der Waals surface area contributed by atoms with Crippen LogP contribution in [-0.4, -0.2) is 66.8 Å². The van der Waals surface area contributed by atoms with Crippen molar-refractivity contribution in [3.8, 4) is 0 Å². The molecule has 0 aromatic rings. The van der Waals surface area contributed by atoms with Gasteiger partial charge in [-0.15, -0.1) is 0 Å². The minimum atomic E-state index is -1.12. The molecule has 5 atom stereocenters. The van der Waals surface area contributed by atoms with Crippen molar-refractivity contribution in [2.45, 2.75) is 45.1 Å². The summed E-state index contributed by atoms with van der Waals surface area (Å²) in [6.07, 6.45) is 10.4. The maximum atomic E-state index is 12.7. The zero-order valence-corrected chi connectivity index (χ0v) is 18.9. The van der Waals surface area contributed by atoms with E-state index in [4.69, 9.17) is 19.9 Å². The molecule has 0 aromatic heterocycles.